The van der Waals surface area contributed by atoms with Crippen LogP contribution in [0.2, 0.25) is 0 Å². The molecule has 5 rings (SSSR count). The summed E-state index contributed by atoms with van der Waals surface area (Å²) in [6.07, 6.45) is 1.45. The SMILES string of the molecule is CC(=O)Nc1ccc(Oc2ccc(NC(=O)N[C@@H]3C4COc5c(F)ccc(F)c5C43)nc2)cc1. The highest BCUT2D eigenvalue weighted by molar-refractivity contribution is 5.89. The molecule has 0 spiro atoms. The Bertz CT molecular complexity index is 1250. The predicted molar refractivity (Wildman–Crippen MR) is 119 cm³/mol. The second-order valence-corrected chi connectivity index (χ2v) is 8.08. The number of fused-ring (bicyclic) bond motifs is 3. The van der Waals surface area contributed by atoms with Crippen LogP contribution in [0.3, 0.4) is 0 Å². The molecule has 1 aromatic heterocycles. The van der Waals surface area contributed by atoms with Gasteiger partial charge in [-0.25, -0.2) is 18.6 Å². The minimum atomic E-state index is -0.611. The number of nitrogens with one attached hydrogen (secondary N) is 3. The first-order valence-corrected chi connectivity index (χ1v) is 10.6. The Morgan fingerprint density at radius 3 is 2.44 bits per heavy atom. The van der Waals surface area contributed by atoms with E-state index in [1.165, 1.54) is 13.1 Å². The van der Waals surface area contributed by atoms with Gasteiger partial charge in [-0.3, -0.25) is 10.1 Å². The molecule has 8 nitrogen and oxygen atoms in total. The van der Waals surface area contributed by atoms with Crippen LogP contribution in [0, 0.1) is 17.6 Å². The number of halogens is 2. The van der Waals surface area contributed by atoms with Crippen molar-refractivity contribution in [1.29, 1.82) is 0 Å². The second kappa shape index (κ2) is 8.62. The number of benzene rings is 2. The predicted octanol–water partition coefficient (Wildman–Crippen LogP) is 4.41. The lowest BCUT2D eigenvalue weighted by Crippen LogP contribution is -2.32. The van der Waals surface area contributed by atoms with Gasteiger partial charge < -0.3 is 20.1 Å². The molecule has 2 aromatic carbocycles. The van der Waals surface area contributed by atoms with E-state index < -0.39 is 17.7 Å². The minimum Gasteiger partial charge on any atom is -0.490 e. The summed E-state index contributed by atoms with van der Waals surface area (Å²) >= 11 is 0. The molecule has 1 fully saturated rings. The Morgan fingerprint density at radius 1 is 1.00 bits per heavy atom. The van der Waals surface area contributed by atoms with E-state index in [9.17, 15) is 18.4 Å². The monoisotopic (exact) mass is 466 g/mol. The molecule has 0 bridgehead atoms. The topological polar surface area (TPSA) is 102 Å². The van der Waals surface area contributed by atoms with E-state index >= 15 is 0 Å². The Kier molecular flexibility index (Phi) is 5.48. The van der Waals surface area contributed by atoms with Crippen LogP contribution in [0.25, 0.3) is 0 Å². The summed E-state index contributed by atoms with van der Waals surface area (Å²) in [6.45, 7) is 1.64. The van der Waals surface area contributed by atoms with Crippen molar-refractivity contribution in [1.82, 2.24) is 10.3 Å². The third-order valence-electron chi connectivity index (χ3n) is 5.70. The van der Waals surface area contributed by atoms with Crippen LogP contribution in [0.4, 0.5) is 25.1 Å². The van der Waals surface area contributed by atoms with Gasteiger partial charge in [-0.15, -0.1) is 0 Å². The lowest BCUT2D eigenvalue weighted by Gasteiger charge is -2.16. The standard InChI is InChI=1S/C24H20F2N4O4/c1-12(31)28-13-2-4-14(5-3-13)34-15-6-9-19(27-10-15)29-24(32)30-22-16-11-33-23-18(26)8-7-17(25)21(23)20(16)22/h2-10,16,20,22H,11H2,1H3,(H,28,31)(H2,27,29,30,32)/t16?,20?,22-/m1/s1. The first-order chi connectivity index (χ1) is 16.4. The normalized spacial score (nSPS) is 19.7. The van der Waals surface area contributed by atoms with E-state index in [1.807, 2.05) is 0 Å². The van der Waals surface area contributed by atoms with Gasteiger partial charge in [0.2, 0.25) is 5.91 Å². The van der Waals surface area contributed by atoms with Crippen molar-refractivity contribution in [2.75, 3.05) is 17.2 Å². The van der Waals surface area contributed by atoms with Gasteiger partial charge in [-0.1, -0.05) is 0 Å². The quantitative estimate of drug-likeness (QED) is 0.517. The zero-order chi connectivity index (χ0) is 23.8. The van der Waals surface area contributed by atoms with Crippen LogP contribution < -0.4 is 25.4 Å². The Balaban J connectivity index is 1.16. The fourth-order valence-electron chi connectivity index (χ4n) is 4.12. The number of urea groups is 1. The molecular weight excluding hydrogens is 446 g/mol. The van der Waals surface area contributed by atoms with Crippen molar-refractivity contribution >= 4 is 23.4 Å². The zero-order valence-electron chi connectivity index (χ0n) is 18.0. The molecule has 0 radical (unpaired) electrons. The molecule has 34 heavy (non-hydrogen) atoms. The number of amides is 3. The van der Waals surface area contributed by atoms with E-state index in [4.69, 9.17) is 9.47 Å². The highest BCUT2D eigenvalue weighted by Gasteiger charge is 2.57. The molecule has 1 aliphatic heterocycles. The average molecular weight is 466 g/mol. The van der Waals surface area contributed by atoms with Gasteiger partial charge in [0.1, 0.15) is 23.1 Å². The molecule has 3 atom stereocenters. The first-order valence-electron chi connectivity index (χ1n) is 10.6. The Morgan fingerprint density at radius 2 is 1.74 bits per heavy atom. The summed E-state index contributed by atoms with van der Waals surface area (Å²) in [5.74, 6) is -0.533. The number of carbonyl (C=O) groups is 2. The molecule has 1 aliphatic carbocycles. The number of hydrogen-bond acceptors (Lipinski definition) is 5. The fourth-order valence-corrected chi connectivity index (χ4v) is 4.12. The lowest BCUT2D eigenvalue weighted by molar-refractivity contribution is -0.114. The summed E-state index contributed by atoms with van der Waals surface area (Å²) < 4.78 is 39.2. The van der Waals surface area contributed by atoms with Gasteiger partial charge in [-0.05, 0) is 48.5 Å². The highest BCUT2D eigenvalue weighted by Crippen LogP contribution is 2.55. The summed E-state index contributed by atoms with van der Waals surface area (Å²) in [7, 11) is 0. The summed E-state index contributed by atoms with van der Waals surface area (Å²) in [5.41, 5.74) is 0.827. The number of rotatable bonds is 5. The van der Waals surface area contributed by atoms with E-state index in [-0.39, 0.29) is 41.7 Å². The van der Waals surface area contributed by atoms with Gasteiger partial charge in [-0.2, -0.15) is 0 Å². The third kappa shape index (κ3) is 4.34. The molecule has 3 amide bonds. The van der Waals surface area contributed by atoms with Gasteiger partial charge >= 0.3 is 6.03 Å². The third-order valence-corrected chi connectivity index (χ3v) is 5.70. The molecule has 3 N–H and O–H groups in total. The van der Waals surface area contributed by atoms with Crippen LogP contribution in [0.15, 0.2) is 54.7 Å². The minimum absolute atomic E-state index is 0.0760. The van der Waals surface area contributed by atoms with Crippen molar-refractivity contribution < 1.29 is 27.8 Å². The highest BCUT2D eigenvalue weighted by atomic mass is 19.1. The molecule has 1 saturated carbocycles. The maximum absolute atomic E-state index is 14.2. The zero-order valence-corrected chi connectivity index (χ0v) is 18.0. The maximum atomic E-state index is 14.2. The summed E-state index contributed by atoms with van der Waals surface area (Å²) in [6, 6.07) is 11.3. The number of anilines is 2. The molecule has 10 heteroatoms. The molecular formula is C24H20F2N4O4. The molecule has 2 aliphatic rings. The smallest absolute Gasteiger partial charge is 0.320 e. The molecule has 3 aromatic rings. The van der Waals surface area contributed by atoms with Crippen molar-refractivity contribution in [3.63, 3.8) is 0 Å². The Labute approximate surface area is 193 Å². The van der Waals surface area contributed by atoms with Crippen LogP contribution in [-0.4, -0.2) is 29.6 Å². The number of hydrogen-bond donors (Lipinski definition) is 3. The largest absolute Gasteiger partial charge is 0.490 e. The van der Waals surface area contributed by atoms with E-state index in [0.29, 0.717) is 23.0 Å². The molecule has 2 heterocycles. The summed E-state index contributed by atoms with van der Waals surface area (Å²) in [4.78, 5) is 27.7. The van der Waals surface area contributed by atoms with Crippen LogP contribution >= 0.6 is 0 Å². The van der Waals surface area contributed by atoms with E-state index in [2.05, 4.69) is 20.9 Å². The van der Waals surface area contributed by atoms with Crippen LogP contribution in [-0.2, 0) is 4.79 Å². The van der Waals surface area contributed by atoms with Crippen molar-refractivity contribution in [3.05, 3.63) is 71.9 Å². The number of pyridine rings is 1. The first kappa shape index (κ1) is 21.6. The van der Waals surface area contributed by atoms with Gasteiger partial charge in [0.15, 0.2) is 11.6 Å². The maximum Gasteiger partial charge on any atom is 0.320 e. The molecule has 0 saturated heterocycles. The number of nitrogens with zero attached hydrogens (tertiary/aromatic N) is 1. The molecule has 2 unspecified atom stereocenters. The number of carbonyl (C=O) groups excluding carboxylic acids is 2. The Hall–Kier alpha value is -4.21. The van der Waals surface area contributed by atoms with Crippen molar-refractivity contribution in [3.8, 4) is 17.2 Å². The molecule has 174 valence electrons. The van der Waals surface area contributed by atoms with Crippen LogP contribution in [0.1, 0.15) is 18.4 Å². The van der Waals surface area contributed by atoms with Gasteiger partial charge in [0, 0.05) is 36.1 Å². The van der Waals surface area contributed by atoms with Crippen LogP contribution in [0.5, 0.6) is 17.2 Å². The average Bonchev–Trinajstić information content (AvgIpc) is 3.51. The van der Waals surface area contributed by atoms with Gasteiger partial charge in [0.05, 0.1) is 12.8 Å². The number of ether oxygens (including phenoxy) is 2. The second-order valence-electron chi connectivity index (χ2n) is 8.08. The fraction of sp³-hybridized carbons (Fsp3) is 0.208. The van der Waals surface area contributed by atoms with Gasteiger partial charge in [0.25, 0.3) is 0 Å². The van der Waals surface area contributed by atoms with Crippen molar-refractivity contribution in [2.45, 2.75) is 18.9 Å². The summed E-state index contributed by atoms with van der Waals surface area (Å²) in [5, 5.41) is 8.08. The van der Waals surface area contributed by atoms with E-state index in [1.54, 1.807) is 36.4 Å². The lowest BCUT2D eigenvalue weighted by atomic mass is 10.0. The number of aromatic nitrogens is 1. The van der Waals surface area contributed by atoms with Crippen molar-refractivity contribution in [2.24, 2.45) is 5.92 Å². The van der Waals surface area contributed by atoms with E-state index in [0.717, 1.165) is 12.1 Å².